The van der Waals surface area contributed by atoms with Gasteiger partial charge in [-0.3, -0.25) is 9.10 Å². The summed E-state index contributed by atoms with van der Waals surface area (Å²) in [7, 11) is -4.05. The van der Waals surface area contributed by atoms with Gasteiger partial charge in [-0.1, -0.05) is 60.7 Å². The Hall–Kier alpha value is -5.15. The van der Waals surface area contributed by atoms with E-state index in [-0.39, 0.29) is 4.90 Å². The van der Waals surface area contributed by atoms with Gasteiger partial charge in [0, 0.05) is 0 Å². The molecule has 0 spiro atoms. The minimum atomic E-state index is -4.05. The quantitative estimate of drug-likeness (QED) is 0.138. The number of anilines is 1. The minimum Gasteiger partial charge on any atom is -0.494 e. The normalized spacial score (nSPS) is 11.4. The largest absolute Gasteiger partial charge is 0.494 e. The molecule has 9 heteroatoms. The molecule has 0 aromatic heterocycles. The molecule has 0 atom stereocenters. The molecule has 8 nitrogen and oxygen atoms in total. The Morgan fingerprint density at radius 1 is 0.791 bits per heavy atom. The predicted molar refractivity (Wildman–Crippen MR) is 169 cm³/mol. The van der Waals surface area contributed by atoms with Crippen LogP contribution in [-0.4, -0.2) is 33.7 Å². The van der Waals surface area contributed by atoms with Crippen molar-refractivity contribution < 1.29 is 22.7 Å². The highest BCUT2D eigenvalue weighted by molar-refractivity contribution is 7.92. The number of carbonyl (C=O) groups is 1. The van der Waals surface area contributed by atoms with Crippen molar-refractivity contribution in [1.82, 2.24) is 5.43 Å². The molecule has 218 valence electrons. The zero-order valence-corrected chi connectivity index (χ0v) is 24.4. The van der Waals surface area contributed by atoms with Crippen LogP contribution in [0.25, 0.3) is 10.8 Å². The second-order valence-corrected chi connectivity index (χ2v) is 11.4. The zero-order valence-electron chi connectivity index (χ0n) is 23.6. The van der Waals surface area contributed by atoms with E-state index in [0.29, 0.717) is 30.4 Å². The van der Waals surface area contributed by atoms with Crippen LogP contribution in [0.2, 0.25) is 0 Å². The number of rotatable bonds is 12. The third-order valence-electron chi connectivity index (χ3n) is 6.61. The van der Waals surface area contributed by atoms with Crippen molar-refractivity contribution in [1.29, 1.82) is 0 Å². The van der Waals surface area contributed by atoms with Crippen LogP contribution in [0.4, 0.5) is 5.69 Å². The number of hydrazone groups is 1. The molecule has 5 aromatic rings. The van der Waals surface area contributed by atoms with E-state index in [4.69, 9.17) is 9.47 Å². The molecule has 43 heavy (non-hydrogen) atoms. The van der Waals surface area contributed by atoms with Crippen LogP contribution in [0.3, 0.4) is 0 Å². The Morgan fingerprint density at radius 2 is 1.44 bits per heavy atom. The summed E-state index contributed by atoms with van der Waals surface area (Å²) in [5, 5.41) is 6.35. The number of amides is 1. The number of fused-ring (bicyclic) bond motifs is 1. The number of ether oxygens (including phenoxy) is 2. The number of carbonyl (C=O) groups excluding carboxylic acids is 1. The van der Waals surface area contributed by atoms with Gasteiger partial charge in [-0.25, -0.2) is 13.8 Å². The third-order valence-corrected chi connectivity index (χ3v) is 8.40. The number of nitrogens with zero attached hydrogens (tertiary/aromatic N) is 2. The molecule has 0 unspecified atom stereocenters. The first kappa shape index (κ1) is 29.3. The lowest BCUT2D eigenvalue weighted by molar-refractivity contribution is -0.119. The molecule has 0 fully saturated rings. The summed E-state index contributed by atoms with van der Waals surface area (Å²) in [5.74, 6) is 0.668. The molecule has 0 radical (unpaired) electrons. The van der Waals surface area contributed by atoms with Crippen molar-refractivity contribution in [2.45, 2.75) is 18.4 Å². The average Bonchev–Trinajstić information content (AvgIpc) is 3.04. The average molecular weight is 594 g/mol. The highest BCUT2D eigenvalue weighted by Gasteiger charge is 2.27. The molecule has 0 saturated heterocycles. The van der Waals surface area contributed by atoms with Crippen LogP contribution in [0, 0.1) is 0 Å². The van der Waals surface area contributed by atoms with E-state index in [0.717, 1.165) is 26.2 Å². The van der Waals surface area contributed by atoms with Crippen LogP contribution in [0.15, 0.2) is 131 Å². The Bertz CT molecular complexity index is 1800. The lowest BCUT2D eigenvalue weighted by atomic mass is 10.1. The molecule has 0 bridgehead atoms. The summed E-state index contributed by atoms with van der Waals surface area (Å²) in [6, 6.07) is 36.2. The van der Waals surface area contributed by atoms with Crippen molar-refractivity contribution in [3.05, 3.63) is 132 Å². The van der Waals surface area contributed by atoms with Gasteiger partial charge in [0.2, 0.25) is 0 Å². The Labute approximate surface area is 251 Å². The van der Waals surface area contributed by atoms with Crippen LogP contribution in [-0.2, 0) is 21.4 Å². The van der Waals surface area contributed by atoms with Crippen molar-refractivity contribution in [3.8, 4) is 11.5 Å². The van der Waals surface area contributed by atoms with Gasteiger partial charge in [0.1, 0.15) is 24.7 Å². The third kappa shape index (κ3) is 7.38. The predicted octanol–water partition coefficient (Wildman–Crippen LogP) is 6.16. The first-order valence-corrected chi connectivity index (χ1v) is 15.2. The smallest absolute Gasteiger partial charge is 0.264 e. The highest BCUT2D eigenvalue weighted by Crippen LogP contribution is 2.25. The first-order valence-electron chi connectivity index (χ1n) is 13.8. The van der Waals surface area contributed by atoms with Gasteiger partial charge in [0.15, 0.2) is 0 Å². The molecule has 0 heterocycles. The molecule has 0 aliphatic heterocycles. The Kier molecular flexibility index (Phi) is 9.33. The molecule has 1 amide bonds. The van der Waals surface area contributed by atoms with E-state index in [2.05, 4.69) is 28.7 Å². The summed E-state index contributed by atoms with van der Waals surface area (Å²) in [6.07, 6.45) is 1.49. The molecule has 0 aliphatic carbocycles. The fourth-order valence-electron chi connectivity index (χ4n) is 4.49. The van der Waals surface area contributed by atoms with Gasteiger partial charge < -0.3 is 9.47 Å². The van der Waals surface area contributed by atoms with E-state index < -0.39 is 22.5 Å². The fourth-order valence-corrected chi connectivity index (χ4v) is 5.91. The zero-order chi connectivity index (χ0) is 30.1. The van der Waals surface area contributed by atoms with Crippen LogP contribution >= 0.6 is 0 Å². The number of hydrogen-bond acceptors (Lipinski definition) is 6. The summed E-state index contributed by atoms with van der Waals surface area (Å²) in [5.41, 5.74) is 4.62. The van der Waals surface area contributed by atoms with Gasteiger partial charge in [0.05, 0.1) is 23.4 Å². The molecular weight excluding hydrogens is 562 g/mol. The molecule has 5 aromatic carbocycles. The van der Waals surface area contributed by atoms with E-state index in [1.165, 1.54) is 18.3 Å². The van der Waals surface area contributed by atoms with Crippen molar-refractivity contribution >= 4 is 38.6 Å². The molecule has 5 rings (SSSR count). The summed E-state index contributed by atoms with van der Waals surface area (Å²) in [4.78, 5) is 12.9. The summed E-state index contributed by atoms with van der Waals surface area (Å²) >= 11 is 0. The van der Waals surface area contributed by atoms with Gasteiger partial charge in [0.25, 0.3) is 15.9 Å². The van der Waals surface area contributed by atoms with Crippen LogP contribution < -0.4 is 19.2 Å². The van der Waals surface area contributed by atoms with Crippen LogP contribution in [0.1, 0.15) is 18.1 Å². The monoisotopic (exact) mass is 593 g/mol. The van der Waals surface area contributed by atoms with E-state index >= 15 is 0 Å². The van der Waals surface area contributed by atoms with Gasteiger partial charge >= 0.3 is 0 Å². The van der Waals surface area contributed by atoms with Crippen molar-refractivity contribution in [2.75, 3.05) is 17.5 Å². The maximum atomic E-state index is 13.5. The Morgan fingerprint density at radius 3 is 2.19 bits per heavy atom. The highest BCUT2D eigenvalue weighted by atomic mass is 32.2. The summed E-state index contributed by atoms with van der Waals surface area (Å²) in [6.45, 7) is 2.29. The number of para-hydroxylation sites is 1. The molecule has 1 N–H and O–H groups in total. The van der Waals surface area contributed by atoms with Gasteiger partial charge in [-0.15, -0.1) is 0 Å². The minimum absolute atomic E-state index is 0.0406. The second kappa shape index (κ2) is 13.7. The number of sulfonamides is 1. The van der Waals surface area contributed by atoms with Crippen molar-refractivity contribution in [2.24, 2.45) is 5.10 Å². The molecule has 0 aliphatic rings. The Balaban J connectivity index is 1.21. The topological polar surface area (TPSA) is 97.3 Å². The molecular formula is C34H31N3O5S. The van der Waals surface area contributed by atoms with Gasteiger partial charge in [-0.05, 0) is 89.5 Å². The number of benzene rings is 5. The van der Waals surface area contributed by atoms with E-state index in [1.807, 2.05) is 55.5 Å². The van der Waals surface area contributed by atoms with Gasteiger partial charge in [-0.2, -0.15) is 5.10 Å². The number of nitrogens with one attached hydrogen (secondary N) is 1. The maximum Gasteiger partial charge on any atom is 0.264 e. The second-order valence-electron chi connectivity index (χ2n) is 9.54. The SMILES string of the molecule is CCOc1ccc(S(=O)(=O)N(CC(=O)N/N=C\c2ccc(OCc3cccc4ccccc34)cc2)c2ccccc2)cc1. The maximum absolute atomic E-state index is 13.5. The first-order chi connectivity index (χ1) is 20.9. The molecule has 0 saturated carbocycles. The lowest BCUT2D eigenvalue weighted by Gasteiger charge is -2.23. The van der Waals surface area contributed by atoms with Crippen LogP contribution in [0.5, 0.6) is 11.5 Å². The standard InChI is InChI=1S/C34H31N3O5S/c1-2-41-30-19-21-32(22-20-30)43(39,40)37(29-12-4-3-5-13-29)24-34(38)36-35-23-26-15-17-31(18-16-26)42-25-28-11-8-10-27-9-6-7-14-33(27)28/h3-23H,2,24-25H2,1H3,(H,36,38)/b35-23-. The van der Waals surface area contributed by atoms with E-state index in [9.17, 15) is 13.2 Å². The number of hydrogen-bond donors (Lipinski definition) is 1. The fraction of sp³-hybridized carbons (Fsp3) is 0.118. The lowest BCUT2D eigenvalue weighted by Crippen LogP contribution is -2.39. The van der Waals surface area contributed by atoms with E-state index in [1.54, 1.807) is 42.5 Å². The van der Waals surface area contributed by atoms with Crippen molar-refractivity contribution in [3.63, 3.8) is 0 Å². The summed E-state index contributed by atoms with van der Waals surface area (Å²) < 4.78 is 39.5.